The largest absolute Gasteiger partial charge is 0.433 e. The molecule has 0 unspecified atom stereocenters. The molecule has 0 saturated carbocycles. The number of aldehydes is 1. The van der Waals surface area contributed by atoms with Gasteiger partial charge in [-0.1, -0.05) is 108 Å². The molecule has 0 atom stereocenters. The average Bonchev–Trinajstić information content (AvgIpc) is 2.78. The number of carbonyl (C=O) groups excluding carboxylic acids is 2. The van der Waals surface area contributed by atoms with Crippen molar-refractivity contribution in [3.8, 4) is 0 Å². The number of carbonyl (C=O) groups is 2. The second-order valence-corrected chi connectivity index (χ2v) is 9.97. The van der Waals surface area contributed by atoms with Crippen molar-refractivity contribution in [1.29, 1.82) is 0 Å². The summed E-state index contributed by atoms with van der Waals surface area (Å²) in [6.45, 7) is 6.74. The fourth-order valence-electron chi connectivity index (χ4n) is 3.30. The molecule has 1 amide bonds. The molecule has 0 aliphatic rings. The smallest absolute Gasteiger partial charge is 0.408 e. The molecule has 0 radical (unpaired) electrons. The van der Waals surface area contributed by atoms with Crippen LogP contribution in [0, 0.1) is 0 Å². The number of amides is 1. The lowest BCUT2D eigenvalue weighted by Gasteiger charge is -2.14. The Kier molecular flexibility index (Phi) is 28.6. The van der Waals surface area contributed by atoms with Crippen molar-refractivity contribution in [1.82, 2.24) is 5.32 Å². The molecule has 0 aromatic carbocycles. The van der Waals surface area contributed by atoms with Gasteiger partial charge in [-0.2, -0.15) is 0 Å². The number of methoxy groups -OCH3 is 1. The maximum Gasteiger partial charge on any atom is 0.408 e. The van der Waals surface area contributed by atoms with E-state index in [0.29, 0.717) is 6.54 Å². The highest BCUT2D eigenvalue weighted by Gasteiger charge is 2.04. The number of nitrogens with one attached hydrogen (secondary N) is 1. The predicted molar refractivity (Wildman–Crippen MR) is 141 cm³/mol. The molecule has 0 bridgehead atoms. The van der Waals surface area contributed by atoms with E-state index >= 15 is 0 Å². The highest BCUT2D eigenvalue weighted by atomic mass is 35.5. The van der Waals surface area contributed by atoms with Gasteiger partial charge in [0, 0.05) is 20.1 Å². The van der Waals surface area contributed by atoms with Gasteiger partial charge in [0.1, 0.15) is 6.29 Å². The third kappa shape index (κ3) is 35.9. The van der Waals surface area contributed by atoms with E-state index in [0.717, 1.165) is 32.0 Å². The van der Waals surface area contributed by atoms with Crippen LogP contribution in [-0.2, 0) is 14.3 Å². The van der Waals surface area contributed by atoms with Crippen LogP contribution in [0.5, 0.6) is 0 Å². The molecular weight excluding hydrogens is 438 g/mol. The Balaban J connectivity index is 0. The number of alkyl carbamates (subject to hydrolysis) is 1. The maximum atomic E-state index is 11.0. The second kappa shape index (κ2) is 27.4. The van der Waals surface area contributed by atoms with E-state index in [1.807, 2.05) is 20.8 Å². The molecule has 6 heteroatoms. The summed E-state index contributed by atoms with van der Waals surface area (Å²) in [5.74, 6) is 0. The summed E-state index contributed by atoms with van der Waals surface area (Å²) < 4.78 is 9.53. The van der Waals surface area contributed by atoms with E-state index in [4.69, 9.17) is 16.3 Å². The van der Waals surface area contributed by atoms with E-state index in [1.54, 1.807) is 7.11 Å². The number of unbranched alkanes of at least 4 members (excludes halogenated alkanes) is 17. The number of hydrogen-bond donors (Lipinski definition) is 1. The summed E-state index contributed by atoms with van der Waals surface area (Å²) in [5, 5.41) is 2.68. The van der Waals surface area contributed by atoms with Gasteiger partial charge in [-0.15, -0.1) is 0 Å². The maximum absolute atomic E-state index is 11.0. The van der Waals surface area contributed by atoms with Gasteiger partial charge >= 0.3 is 6.09 Å². The molecule has 0 spiro atoms. The highest BCUT2D eigenvalue weighted by Crippen LogP contribution is 2.14. The van der Waals surface area contributed by atoms with E-state index in [9.17, 15) is 9.59 Å². The molecule has 0 aromatic heterocycles. The van der Waals surface area contributed by atoms with Crippen molar-refractivity contribution in [2.75, 3.05) is 19.7 Å². The van der Waals surface area contributed by atoms with Gasteiger partial charge in [-0.3, -0.25) is 0 Å². The standard InChI is InChI=1S/C22H42ClNO3.C5H12O/c23-21-27-22(26)24-19-17-15-13-11-9-7-5-3-1-2-4-6-8-10-12-14-16-18-20-25;1-5(2,3)6-4/h20H,1-19,21H2,(H,24,26);1-4H3. The van der Waals surface area contributed by atoms with Crippen molar-refractivity contribution in [3.63, 3.8) is 0 Å². The molecule has 0 heterocycles. The van der Waals surface area contributed by atoms with Crippen LogP contribution in [0.1, 0.15) is 136 Å². The first-order chi connectivity index (χ1) is 15.9. The van der Waals surface area contributed by atoms with Crippen LogP contribution < -0.4 is 5.32 Å². The molecule has 0 fully saturated rings. The zero-order chi connectivity index (χ0) is 25.0. The second-order valence-electron chi connectivity index (χ2n) is 9.75. The number of alkyl halides is 1. The lowest BCUT2D eigenvalue weighted by Crippen LogP contribution is -2.24. The topological polar surface area (TPSA) is 64.6 Å². The van der Waals surface area contributed by atoms with Gasteiger partial charge in [-0.25, -0.2) is 4.79 Å². The van der Waals surface area contributed by atoms with Gasteiger partial charge in [0.15, 0.2) is 6.07 Å². The molecule has 0 aliphatic carbocycles. The fourth-order valence-corrected chi connectivity index (χ4v) is 3.39. The Morgan fingerprint density at radius 1 is 0.727 bits per heavy atom. The third-order valence-electron chi connectivity index (χ3n) is 5.57. The minimum absolute atomic E-state index is 0.0417. The van der Waals surface area contributed by atoms with Crippen LogP contribution in [0.15, 0.2) is 0 Å². The lowest BCUT2D eigenvalue weighted by molar-refractivity contribution is -0.107. The molecule has 0 rings (SSSR count). The van der Waals surface area contributed by atoms with Crippen LogP contribution >= 0.6 is 11.6 Å². The zero-order valence-electron chi connectivity index (χ0n) is 22.2. The number of rotatable bonds is 21. The van der Waals surface area contributed by atoms with Gasteiger partial charge in [-0.05, 0) is 33.6 Å². The monoisotopic (exact) mass is 491 g/mol. The highest BCUT2D eigenvalue weighted by molar-refractivity contribution is 6.17. The van der Waals surface area contributed by atoms with Gasteiger partial charge in [0.05, 0.1) is 5.60 Å². The Morgan fingerprint density at radius 3 is 1.36 bits per heavy atom. The number of ether oxygens (including phenoxy) is 2. The minimum atomic E-state index is -0.420. The summed E-state index contributed by atoms with van der Waals surface area (Å²) in [7, 11) is 1.71. The SMILES string of the molecule is COC(C)(C)C.O=CCCCCCCCCCCCCCCCCCCCNC(=O)OCCl. The van der Waals surface area contributed by atoms with Gasteiger partial charge < -0.3 is 19.6 Å². The Hall–Kier alpha value is -0.810. The van der Waals surface area contributed by atoms with Crippen LogP contribution in [0.4, 0.5) is 4.79 Å². The van der Waals surface area contributed by atoms with Crippen molar-refractivity contribution in [2.24, 2.45) is 0 Å². The predicted octanol–water partition coefficient (Wildman–Crippen LogP) is 8.56. The molecule has 0 aliphatic heterocycles. The first-order valence-corrected chi connectivity index (χ1v) is 13.9. The van der Waals surface area contributed by atoms with Crippen LogP contribution in [0.2, 0.25) is 0 Å². The fraction of sp³-hybridized carbons (Fsp3) is 0.926. The molecule has 5 nitrogen and oxygen atoms in total. The van der Waals surface area contributed by atoms with Crippen LogP contribution in [0.25, 0.3) is 0 Å². The summed E-state index contributed by atoms with van der Waals surface area (Å²) in [4.78, 5) is 21.2. The molecule has 1 N–H and O–H groups in total. The van der Waals surface area contributed by atoms with Gasteiger partial charge in [0.25, 0.3) is 0 Å². The van der Waals surface area contributed by atoms with Crippen molar-refractivity contribution < 1.29 is 19.1 Å². The summed E-state index contributed by atoms with van der Waals surface area (Å²) >= 11 is 5.30. The normalized spacial score (nSPS) is 10.9. The number of halogens is 1. The molecular formula is C27H54ClNO4. The number of hydrogen-bond acceptors (Lipinski definition) is 4. The first-order valence-electron chi connectivity index (χ1n) is 13.3. The average molecular weight is 492 g/mol. The molecule has 0 aromatic rings. The summed E-state index contributed by atoms with van der Waals surface area (Å²) in [5.41, 5.74) is 0.0417. The van der Waals surface area contributed by atoms with Gasteiger partial charge in [0.2, 0.25) is 0 Å². The molecule has 33 heavy (non-hydrogen) atoms. The van der Waals surface area contributed by atoms with Crippen LogP contribution in [-0.4, -0.2) is 37.7 Å². The van der Waals surface area contributed by atoms with E-state index < -0.39 is 6.09 Å². The van der Waals surface area contributed by atoms with Crippen molar-refractivity contribution >= 4 is 24.0 Å². The molecule has 0 saturated heterocycles. The minimum Gasteiger partial charge on any atom is -0.433 e. The van der Waals surface area contributed by atoms with Crippen LogP contribution in [0.3, 0.4) is 0 Å². The third-order valence-corrected chi connectivity index (χ3v) is 5.68. The Bertz CT molecular complexity index is 413. The van der Waals surface area contributed by atoms with Crippen molar-refractivity contribution in [3.05, 3.63) is 0 Å². The Labute approximate surface area is 210 Å². The van der Waals surface area contributed by atoms with Crippen molar-refractivity contribution in [2.45, 2.75) is 142 Å². The summed E-state index contributed by atoms with van der Waals surface area (Å²) in [6, 6.07) is -0.0872. The summed E-state index contributed by atoms with van der Waals surface area (Å²) in [6.07, 6.45) is 23.4. The van der Waals surface area contributed by atoms with E-state index in [1.165, 1.54) is 89.9 Å². The Morgan fingerprint density at radius 2 is 1.06 bits per heavy atom. The first kappa shape index (κ1) is 34.4. The molecule has 198 valence electrons. The van der Waals surface area contributed by atoms with E-state index in [2.05, 4.69) is 10.1 Å². The lowest BCUT2D eigenvalue weighted by atomic mass is 10.0. The zero-order valence-corrected chi connectivity index (χ0v) is 23.0. The van der Waals surface area contributed by atoms with E-state index in [-0.39, 0.29) is 11.7 Å². The quantitative estimate of drug-likeness (QED) is 0.0991.